The molecule has 2 rings (SSSR count). The zero-order chi connectivity index (χ0) is 11.8. The average Bonchev–Trinajstić information content (AvgIpc) is 2.42. The Labute approximate surface area is 95.0 Å². The first-order valence-electron chi connectivity index (χ1n) is 5.80. The van der Waals surface area contributed by atoms with Crippen molar-refractivity contribution < 1.29 is 19.8 Å². The second kappa shape index (κ2) is 4.03. The highest BCUT2D eigenvalue weighted by atomic mass is 16.2. The Hall–Kier alpha value is -1.14. The molecule has 0 aromatic carbocycles. The molecule has 0 saturated carbocycles. The maximum atomic E-state index is 11.9. The van der Waals surface area contributed by atoms with E-state index in [1.807, 2.05) is 0 Å². The maximum absolute atomic E-state index is 11.9. The van der Waals surface area contributed by atoms with Crippen LogP contribution in [-0.2, 0) is 4.79 Å². The van der Waals surface area contributed by atoms with E-state index in [9.17, 15) is 9.59 Å². The molecular weight excluding hydrogens is 208 g/mol. The van der Waals surface area contributed by atoms with E-state index in [2.05, 4.69) is 10.6 Å². The molecule has 3 amide bonds. The number of carbonyl (C=O) groups is 2. The molecule has 0 aromatic rings. The summed E-state index contributed by atoms with van der Waals surface area (Å²) in [4.78, 5) is 26.2. The molecule has 16 heavy (non-hydrogen) atoms. The number of hydrogen-bond acceptors (Lipinski definition) is 2. The Bertz CT molecular complexity index is 310. The molecule has 6 heteroatoms. The second-order valence-electron chi connectivity index (χ2n) is 5.06. The molecule has 0 aliphatic carbocycles. The number of imide groups is 1. The molecule has 2 saturated heterocycles. The zero-order valence-corrected chi connectivity index (χ0v) is 9.88. The summed E-state index contributed by atoms with van der Waals surface area (Å²) >= 11 is 0. The summed E-state index contributed by atoms with van der Waals surface area (Å²) in [5, 5.41) is 4.96. The molecule has 2 fully saturated rings. The monoisotopic (exact) mass is 228 g/mol. The standard InChI is InChI=1S/C10H18N4O2/c1-10(2)8(15)14(9(16)12-10)7-13-5-3-11-4-6-13/h11H,3-7H2,1-2H3,(H,12,16)/p+2. The average molecular weight is 228 g/mol. The van der Waals surface area contributed by atoms with E-state index in [0.29, 0.717) is 6.67 Å². The quantitative estimate of drug-likeness (QED) is 0.434. The minimum atomic E-state index is -0.738. The lowest BCUT2D eigenvalue weighted by Gasteiger charge is -2.25. The first kappa shape index (κ1) is 11.3. The van der Waals surface area contributed by atoms with Crippen LogP contribution in [0.2, 0.25) is 0 Å². The van der Waals surface area contributed by atoms with Gasteiger partial charge in [-0.1, -0.05) is 0 Å². The zero-order valence-electron chi connectivity index (χ0n) is 9.88. The third-order valence-electron chi connectivity index (χ3n) is 3.23. The first-order valence-corrected chi connectivity index (χ1v) is 5.80. The van der Waals surface area contributed by atoms with Crippen LogP contribution in [0.5, 0.6) is 0 Å². The van der Waals surface area contributed by atoms with E-state index in [-0.39, 0.29) is 11.9 Å². The summed E-state index contributed by atoms with van der Waals surface area (Å²) in [7, 11) is 0. The molecule has 4 N–H and O–H groups in total. The van der Waals surface area contributed by atoms with Gasteiger partial charge in [-0.05, 0) is 13.8 Å². The van der Waals surface area contributed by atoms with Crippen LogP contribution in [0.3, 0.4) is 0 Å². The number of nitrogens with zero attached hydrogens (tertiary/aromatic N) is 1. The molecule has 0 aromatic heterocycles. The molecule has 2 aliphatic heterocycles. The number of nitrogens with two attached hydrogens (primary N) is 1. The van der Waals surface area contributed by atoms with Crippen LogP contribution in [0.1, 0.15) is 13.8 Å². The fraction of sp³-hybridized carbons (Fsp3) is 0.800. The Kier molecular flexibility index (Phi) is 2.86. The Morgan fingerprint density at radius 1 is 1.38 bits per heavy atom. The van der Waals surface area contributed by atoms with Gasteiger partial charge >= 0.3 is 6.03 Å². The minimum Gasteiger partial charge on any atom is -0.337 e. The minimum absolute atomic E-state index is 0.112. The van der Waals surface area contributed by atoms with E-state index < -0.39 is 5.54 Å². The van der Waals surface area contributed by atoms with Crippen molar-refractivity contribution in [2.75, 3.05) is 32.8 Å². The molecule has 2 heterocycles. The number of carbonyl (C=O) groups excluding carboxylic acids is 2. The Balaban J connectivity index is 1.99. The maximum Gasteiger partial charge on any atom is 0.329 e. The van der Waals surface area contributed by atoms with Crippen LogP contribution >= 0.6 is 0 Å². The van der Waals surface area contributed by atoms with E-state index >= 15 is 0 Å². The Morgan fingerprint density at radius 2 is 2.00 bits per heavy atom. The summed E-state index contributed by atoms with van der Waals surface area (Å²) in [6, 6.07) is -0.253. The molecule has 6 nitrogen and oxygen atoms in total. The topological polar surface area (TPSA) is 70.5 Å². The Morgan fingerprint density at radius 3 is 2.50 bits per heavy atom. The van der Waals surface area contributed by atoms with Gasteiger partial charge in [-0.25, -0.2) is 9.69 Å². The van der Waals surface area contributed by atoms with Crippen LogP contribution < -0.4 is 15.5 Å². The predicted molar refractivity (Wildman–Crippen MR) is 56.7 cm³/mol. The van der Waals surface area contributed by atoms with Gasteiger partial charge in [0.15, 0.2) is 6.67 Å². The smallest absolute Gasteiger partial charge is 0.329 e. The molecule has 0 atom stereocenters. The van der Waals surface area contributed by atoms with Crippen molar-refractivity contribution in [2.45, 2.75) is 19.4 Å². The largest absolute Gasteiger partial charge is 0.337 e. The second-order valence-corrected chi connectivity index (χ2v) is 5.06. The highest BCUT2D eigenvalue weighted by Gasteiger charge is 2.45. The van der Waals surface area contributed by atoms with E-state index in [0.717, 1.165) is 26.2 Å². The summed E-state index contributed by atoms with van der Waals surface area (Å²) in [5.41, 5.74) is -0.738. The highest BCUT2D eigenvalue weighted by Crippen LogP contribution is 2.14. The lowest BCUT2D eigenvalue weighted by atomic mass is 10.1. The van der Waals surface area contributed by atoms with Crippen LogP contribution in [-0.4, -0.2) is 55.2 Å². The van der Waals surface area contributed by atoms with Crippen molar-refractivity contribution in [3.63, 3.8) is 0 Å². The number of piperazine rings is 1. The number of amides is 3. The fourth-order valence-electron chi connectivity index (χ4n) is 2.22. The summed E-state index contributed by atoms with van der Waals surface area (Å²) < 4.78 is 0. The van der Waals surface area contributed by atoms with Gasteiger partial charge in [-0.3, -0.25) is 4.79 Å². The van der Waals surface area contributed by atoms with Crippen LogP contribution in [0.25, 0.3) is 0 Å². The van der Waals surface area contributed by atoms with E-state index in [4.69, 9.17) is 0 Å². The van der Waals surface area contributed by atoms with Crippen molar-refractivity contribution >= 4 is 11.9 Å². The number of rotatable bonds is 2. The van der Waals surface area contributed by atoms with E-state index in [1.54, 1.807) is 13.8 Å². The van der Waals surface area contributed by atoms with Gasteiger partial charge in [-0.15, -0.1) is 0 Å². The summed E-state index contributed by atoms with van der Waals surface area (Å²) in [5.74, 6) is -0.112. The molecule has 2 aliphatic rings. The summed E-state index contributed by atoms with van der Waals surface area (Å²) in [6.45, 7) is 8.15. The van der Waals surface area contributed by atoms with Crippen LogP contribution in [0.15, 0.2) is 0 Å². The number of hydrogen-bond donors (Lipinski definition) is 3. The van der Waals surface area contributed by atoms with Gasteiger partial charge in [0, 0.05) is 0 Å². The van der Waals surface area contributed by atoms with E-state index in [1.165, 1.54) is 9.80 Å². The summed E-state index contributed by atoms with van der Waals surface area (Å²) in [6.07, 6.45) is 0. The first-order chi connectivity index (χ1) is 7.50. The number of quaternary nitrogens is 2. The third-order valence-corrected chi connectivity index (χ3v) is 3.23. The molecule has 0 radical (unpaired) electrons. The van der Waals surface area contributed by atoms with Crippen molar-refractivity contribution in [1.82, 2.24) is 10.2 Å². The van der Waals surface area contributed by atoms with Gasteiger partial charge in [0.2, 0.25) is 0 Å². The predicted octanol–water partition coefficient (Wildman–Crippen LogP) is -3.26. The third kappa shape index (κ3) is 2.03. The normalized spacial score (nSPS) is 26.0. The van der Waals surface area contributed by atoms with Crippen molar-refractivity contribution in [3.05, 3.63) is 0 Å². The van der Waals surface area contributed by atoms with Crippen molar-refractivity contribution in [1.29, 1.82) is 0 Å². The van der Waals surface area contributed by atoms with Crippen molar-refractivity contribution in [2.24, 2.45) is 0 Å². The van der Waals surface area contributed by atoms with Gasteiger partial charge < -0.3 is 15.5 Å². The van der Waals surface area contributed by atoms with Gasteiger partial charge in [0.1, 0.15) is 31.7 Å². The highest BCUT2D eigenvalue weighted by molar-refractivity contribution is 6.06. The molecule has 0 spiro atoms. The molecule has 0 bridgehead atoms. The van der Waals surface area contributed by atoms with Gasteiger partial charge in [-0.2, -0.15) is 0 Å². The van der Waals surface area contributed by atoms with Crippen molar-refractivity contribution in [3.8, 4) is 0 Å². The lowest BCUT2D eigenvalue weighted by Crippen LogP contribution is -3.21. The van der Waals surface area contributed by atoms with Gasteiger partial charge in [0.25, 0.3) is 5.91 Å². The molecule has 90 valence electrons. The molecular formula is C10H20N4O2+2. The van der Waals surface area contributed by atoms with Gasteiger partial charge in [0.05, 0.1) is 0 Å². The van der Waals surface area contributed by atoms with Crippen LogP contribution in [0, 0.1) is 0 Å². The SMILES string of the molecule is CC1(C)NC(=O)N(C[NH+]2CC[NH2+]CC2)C1=O. The van der Waals surface area contributed by atoms with Crippen LogP contribution in [0.4, 0.5) is 4.79 Å². The number of urea groups is 1. The lowest BCUT2D eigenvalue weighted by molar-refractivity contribution is -0.952. The number of nitrogens with one attached hydrogen (secondary N) is 2. The molecule has 0 unspecified atom stereocenters. The fourth-order valence-corrected chi connectivity index (χ4v) is 2.22.